The van der Waals surface area contributed by atoms with Crippen LogP contribution < -0.4 is 5.32 Å². The van der Waals surface area contributed by atoms with Crippen molar-refractivity contribution in [3.05, 3.63) is 97.2 Å². The van der Waals surface area contributed by atoms with Gasteiger partial charge in [0.05, 0.1) is 33.8 Å². The number of nitrogens with zero attached hydrogens (tertiary/aromatic N) is 1. The molecule has 0 saturated carbocycles. The number of phosphoric acid groups is 1. The van der Waals surface area contributed by atoms with Gasteiger partial charge in [-0.1, -0.05) is 247 Å². The second-order valence-electron chi connectivity index (χ2n) is 22.9. The molecular weight excluding hydrogens is 1000 g/mol. The number of rotatable bonds is 58. The van der Waals surface area contributed by atoms with E-state index >= 15 is 0 Å². The van der Waals surface area contributed by atoms with Crippen LogP contribution in [-0.2, 0) is 27.9 Å². The Bertz CT molecular complexity index is 1670. The summed E-state index contributed by atoms with van der Waals surface area (Å²) < 4.78 is 30.7. The summed E-state index contributed by atoms with van der Waals surface area (Å²) in [5, 5.41) is 3.04. The predicted octanol–water partition coefficient (Wildman–Crippen LogP) is 20.3. The SMILES string of the molecule is CCCCC/C=C\C/C=C\C/C=C\C/C=C\CCCCCC(=O)NC(COP(=O)(O)OCC[N+](C)(C)C)C(/C=C/CCCCCCCCCCCCC)OC(=O)CCCCCCCCCC/C=C\C/C=C\C/C=C\CCCCC. The van der Waals surface area contributed by atoms with Crippen LogP contribution in [0.15, 0.2) is 97.2 Å². The fourth-order valence-electron chi connectivity index (χ4n) is 8.93. The molecule has 0 aromatic rings. The highest BCUT2D eigenvalue weighted by Gasteiger charge is 2.30. The molecule has 2 N–H and O–H groups in total. The van der Waals surface area contributed by atoms with Gasteiger partial charge in [0, 0.05) is 12.8 Å². The van der Waals surface area contributed by atoms with Crippen molar-refractivity contribution in [2.24, 2.45) is 0 Å². The maximum absolute atomic E-state index is 13.6. The molecule has 3 unspecified atom stereocenters. The van der Waals surface area contributed by atoms with Crippen molar-refractivity contribution in [1.82, 2.24) is 5.32 Å². The van der Waals surface area contributed by atoms with Crippen LogP contribution in [-0.4, -0.2) is 74.3 Å². The molecule has 0 aliphatic rings. The third kappa shape index (κ3) is 59.4. The lowest BCUT2D eigenvalue weighted by Crippen LogP contribution is -2.47. The van der Waals surface area contributed by atoms with Gasteiger partial charge in [0.1, 0.15) is 19.3 Å². The van der Waals surface area contributed by atoms with E-state index in [-0.39, 0.29) is 37.9 Å². The van der Waals surface area contributed by atoms with Gasteiger partial charge in [-0.2, -0.15) is 0 Å². The lowest BCUT2D eigenvalue weighted by molar-refractivity contribution is -0.870. The Morgan fingerprint density at radius 2 is 0.772 bits per heavy atom. The molecule has 1 amide bonds. The van der Waals surface area contributed by atoms with Crippen molar-refractivity contribution < 1.29 is 37.3 Å². The summed E-state index contributed by atoms with van der Waals surface area (Å²) in [5.41, 5.74) is 0. The minimum absolute atomic E-state index is 0.0283. The Morgan fingerprint density at radius 3 is 1.19 bits per heavy atom. The lowest BCUT2D eigenvalue weighted by Gasteiger charge is -2.27. The monoisotopic (exact) mass is 1120 g/mol. The number of nitrogens with one attached hydrogen (secondary N) is 1. The number of hydrogen-bond acceptors (Lipinski definition) is 6. The van der Waals surface area contributed by atoms with Crippen LogP contribution in [0.3, 0.4) is 0 Å². The van der Waals surface area contributed by atoms with Gasteiger partial charge in [-0.25, -0.2) is 4.57 Å². The van der Waals surface area contributed by atoms with E-state index < -0.39 is 20.0 Å². The second kappa shape index (κ2) is 58.1. The molecule has 0 fully saturated rings. The van der Waals surface area contributed by atoms with Gasteiger partial charge in [0.15, 0.2) is 0 Å². The zero-order chi connectivity index (χ0) is 57.9. The molecule has 0 spiro atoms. The smallest absolute Gasteiger partial charge is 0.456 e. The number of esters is 1. The topological polar surface area (TPSA) is 111 Å². The Hall–Kier alpha value is -3.07. The average Bonchev–Trinajstić information content (AvgIpc) is 3.41. The second-order valence-corrected chi connectivity index (χ2v) is 24.4. The molecule has 0 saturated heterocycles. The van der Waals surface area contributed by atoms with E-state index in [9.17, 15) is 19.0 Å². The van der Waals surface area contributed by atoms with Crippen molar-refractivity contribution in [3.8, 4) is 0 Å². The molecule has 79 heavy (non-hydrogen) atoms. The number of likely N-dealkylation sites (N-methyl/N-ethyl adjacent to an activating group) is 1. The first-order valence-corrected chi connectivity index (χ1v) is 34.1. The van der Waals surface area contributed by atoms with Gasteiger partial charge in [-0.05, 0) is 115 Å². The van der Waals surface area contributed by atoms with Crippen LogP contribution in [0.4, 0.5) is 0 Å². The highest BCUT2D eigenvalue weighted by Crippen LogP contribution is 2.43. The maximum atomic E-state index is 13.6. The number of phosphoric ester groups is 1. The van der Waals surface area contributed by atoms with E-state index in [1.165, 1.54) is 135 Å². The van der Waals surface area contributed by atoms with Crippen molar-refractivity contribution in [2.45, 2.75) is 290 Å². The summed E-state index contributed by atoms with van der Waals surface area (Å²) in [6.45, 7) is 6.93. The Balaban J connectivity index is 5.32. The largest absolute Gasteiger partial charge is 0.472 e. The summed E-state index contributed by atoms with van der Waals surface area (Å²) >= 11 is 0. The Labute approximate surface area is 488 Å². The third-order valence-electron chi connectivity index (χ3n) is 14.0. The molecule has 0 heterocycles. The van der Waals surface area contributed by atoms with Crippen molar-refractivity contribution in [2.75, 3.05) is 40.9 Å². The van der Waals surface area contributed by atoms with Gasteiger partial charge < -0.3 is 19.4 Å². The first-order chi connectivity index (χ1) is 38.4. The standard InChI is InChI=1S/C69H123N2O7P/c1-7-10-13-16-19-22-25-28-30-32-34-35-37-39-41-44-47-50-53-56-59-62-69(73)78-67(60-57-54-51-48-45-42-27-24-21-18-15-12-9-3)66(65-77-79(74,75)76-64-63-71(4,5)6)70-68(72)61-58-55-52-49-46-43-40-38-36-33-31-29-26-23-20-17-14-11-8-2/h19-20,22-23,28-31,34-36,38,43,46,57,60,66-67H,7-18,21,24-27,32-33,37,39-42,44-45,47-56,58-59,61-65H2,1-6H3,(H-,70,72,74,75)/p+1/b22-19-,23-20-,30-28-,31-29-,35-34-,38-36-,46-43-,60-57+. The highest BCUT2D eigenvalue weighted by atomic mass is 31.2. The number of unbranched alkanes of at least 4 members (excludes halogenated alkanes) is 28. The first-order valence-electron chi connectivity index (χ1n) is 32.6. The number of hydrogen-bond donors (Lipinski definition) is 2. The molecule has 9 nitrogen and oxygen atoms in total. The summed E-state index contributed by atoms with van der Waals surface area (Å²) in [5.74, 6) is -0.550. The molecule has 0 rings (SSSR count). The van der Waals surface area contributed by atoms with E-state index in [0.29, 0.717) is 17.4 Å². The van der Waals surface area contributed by atoms with E-state index in [1.807, 2.05) is 33.3 Å². The maximum Gasteiger partial charge on any atom is 0.472 e. The number of quaternary nitrogens is 1. The van der Waals surface area contributed by atoms with E-state index in [0.717, 1.165) is 103 Å². The minimum Gasteiger partial charge on any atom is -0.456 e. The molecule has 0 bridgehead atoms. The molecule has 0 aromatic heterocycles. The molecule has 3 atom stereocenters. The van der Waals surface area contributed by atoms with Crippen LogP contribution in [0.1, 0.15) is 278 Å². The predicted molar refractivity (Wildman–Crippen MR) is 341 cm³/mol. The number of carbonyl (C=O) groups is 2. The lowest BCUT2D eigenvalue weighted by atomic mass is 10.0. The van der Waals surface area contributed by atoms with Crippen LogP contribution in [0.2, 0.25) is 0 Å². The molecule has 0 aromatic carbocycles. The molecule has 0 aliphatic heterocycles. The van der Waals surface area contributed by atoms with Gasteiger partial charge in [-0.3, -0.25) is 18.6 Å². The summed E-state index contributed by atoms with van der Waals surface area (Å²) in [4.78, 5) is 37.8. The molecule has 456 valence electrons. The fraction of sp³-hybridized carbons (Fsp3) is 0.739. The quantitative estimate of drug-likeness (QED) is 0.0205. The van der Waals surface area contributed by atoms with Gasteiger partial charge in [0.2, 0.25) is 5.91 Å². The number of allylic oxidation sites excluding steroid dienone is 15. The average molecular weight is 1120 g/mol. The van der Waals surface area contributed by atoms with Crippen molar-refractivity contribution in [1.29, 1.82) is 0 Å². The van der Waals surface area contributed by atoms with E-state index in [2.05, 4.69) is 111 Å². The van der Waals surface area contributed by atoms with Crippen LogP contribution in [0.25, 0.3) is 0 Å². The van der Waals surface area contributed by atoms with Crippen LogP contribution in [0, 0.1) is 0 Å². The first kappa shape index (κ1) is 75.9. The van der Waals surface area contributed by atoms with Gasteiger partial charge >= 0.3 is 13.8 Å². The Kier molecular flexibility index (Phi) is 55.9. The molecule has 10 heteroatoms. The highest BCUT2D eigenvalue weighted by molar-refractivity contribution is 7.47. The normalized spacial score (nSPS) is 14.3. The van der Waals surface area contributed by atoms with Gasteiger partial charge in [0.25, 0.3) is 0 Å². The number of amides is 1. The van der Waals surface area contributed by atoms with Crippen LogP contribution in [0.5, 0.6) is 0 Å². The van der Waals surface area contributed by atoms with Gasteiger partial charge in [-0.15, -0.1) is 0 Å². The fourth-order valence-corrected chi connectivity index (χ4v) is 9.67. The van der Waals surface area contributed by atoms with E-state index in [4.69, 9.17) is 13.8 Å². The molecule has 0 aliphatic carbocycles. The van der Waals surface area contributed by atoms with Crippen LogP contribution >= 0.6 is 7.82 Å². The zero-order valence-corrected chi connectivity index (χ0v) is 53.0. The third-order valence-corrected chi connectivity index (χ3v) is 15.0. The summed E-state index contributed by atoms with van der Waals surface area (Å²) in [6.07, 6.45) is 78.3. The number of carbonyl (C=O) groups excluding carboxylic acids is 2. The molecule has 0 radical (unpaired) electrons. The summed E-state index contributed by atoms with van der Waals surface area (Å²) in [6, 6.07) is -0.874. The van der Waals surface area contributed by atoms with Crippen molar-refractivity contribution >= 4 is 19.7 Å². The van der Waals surface area contributed by atoms with E-state index in [1.54, 1.807) is 0 Å². The Morgan fingerprint density at radius 1 is 0.443 bits per heavy atom. The van der Waals surface area contributed by atoms with Crippen molar-refractivity contribution in [3.63, 3.8) is 0 Å². The number of ether oxygens (including phenoxy) is 1. The summed E-state index contributed by atoms with van der Waals surface area (Å²) in [7, 11) is 1.46. The molecular formula is C69H124N2O7P+. The minimum atomic E-state index is -4.47. The zero-order valence-electron chi connectivity index (χ0n) is 52.1.